The molecule has 0 bridgehead atoms. The molecule has 1 unspecified atom stereocenters. The lowest BCUT2D eigenvalue weighted by Gasteiger charge is -2.26. The van der Waals surface area contributed by atoms with Gasteiger partial charge in [-0.1, -0.05) is 0 Å². The second-order valence-corrected chi connectivity index (χ2v) is 6.43. The van der Waals surface area contributed by atoms with Crippen molar-refractivity contribution in [3.8, 4) is 11.8 Å². The summed E-state index contributed by atoms with van der Waals surface area (Å²) in [6.07, 6.45) is 2.48. The molecule has 1 saturated heterocycles. The fourth-order valence-electron chi connectivity index (χ4n) is 2.45. The van der Waals surface area contributed by atoms with Gasteiger partial charge in [0.05, 0.1) is 12.2 Å². The largest absolute Gasteiger partial charge is 0.486 e. The number of hydrogen-bond acceptors (Lipinski definition) is 6. The van der Waals surface area contributed by atoms with Crippen molar-refractivity contribution in [2.24, 2.45) is 0 Å². The maximum absolute atomic E-state index is 9.21. The number of rotatable bonds is 6. The number of nitrogens with two attached hydrogens (primary N) is 1. The van der Waals surface area contributed by atoms with E-state index in [1.165, 1.54) is 11.3 Å². The van der Waals surface area contributed by atoms with Crippen molar-refractivity contribution >= 4 is 22.0 Å². The molecule has 1 aliphatic heterocycles. The van der Waals surface area contributed by atoms with E-state index in [9.17, 15) is 5.26 Å². The Hall–Kier alpha value is -1.45. The summed E-state index contributed by atoms with van der Waals surface area (Å²) in [5, 5.41) is 10.2. The van der Waals surface area contributed by atoms with Crippen LogP contribution in [0.4, 0.5) is 10.7 Å². The molecule has 0 saturated carbocycles. The molecule has 1 fully saturated rings. The Labute approximate surface area is 130 Å². The summed E-state index contributed by atoms with van der Waals surface area (Å²) >= 11 is 1.40. The molecule has 2 heterocycles. The van der Waals surface area contributed by atoms with Gasteiger partial charge in [0.1, 0.15) is 21.6 Å². The molecule has 1 aromatic rings. The van der Waals surface area contributed by atoms with Crippen molar-refractivity contribution < 1.29 is 9.47 Å². The van der Waals surface area contributed by atoms with E-state index in [4.69, 9.17) is 15.2 Å². The van der Waals surface area contributed by atoms with Gasteiger partial charge in [0.25, 0.3) is 0 Å². The van der Waals surface area contributed by atoms with E-state index in [0.29, 0.717) is 16.3 Å². The highest BCUT2D eigenvalue weighted by Gasteiger charge is 2.25. The van der Waals surface area contributed by atoms with Crippen LogP contribution in [0.15, 0.2) is 0 Å². The minimum atomic E-state index is 0.0219. The summed E-state index contributed by atoms with van der Waals surface area (Å²) in [7, 11) is 0. The van der Waals surface area contributed by atoms with Crippen molar-refractivity contribution in [2.45, 2.75) is 45.8 Å². The Morgan fingerprint density at radius 2 is 2.33 bits per heavy atom. The van der Waals surface area contributed by atoms with E-state index in [2.05, 4.69) is 17.9 Å². The molecule has 0 amide bonds. The predicted octanol–water partition coefficient (Wildman–Crippen LogP) is 2.99. The zero-order chi connectivity index (χ0) is 15.4. The number of likely N-dealkylation sites (N-methyl/N-ethyl adjacent to an activating group) is 1. The van der Waals surface area contributed by atoms with Gasteiger partial charge in [-0.3, -0.25) is 0 Å². The summed E-state index contributed by atoms with van der Waals surface area (Å²) in [6.45, 7) is 8.51. The van der Waals surface area contributed by atoms with Gasteiger partial charge in [0.2, 0.25) is 0 Å². The third kappa shape index (κ3) is 3.60. The van der Waals surface area contributed by atoms with Gasteiger partial charge in [0.15, 0.2) is 5.75 Å². The van der Waals surface area contributed by atoms with Gasteiger partial charge in [0, 0.05) is 19.7 Å². The van der Waals surface area contributed by atoms with Gasteiger partial charge in [-0.25, -0.2) is 0 Å². The van der Waals surface area contributed by atoms with Crippen molar-refractivity contribution in [2.75, 3.05) is 30.3 Å². The van der Waals surface area contributed by atoms with E-state index in [0.717, 1.165) is 37.5 Å². The summed E-state index contributed by atoms with van der Waals surface area (Å²) in [4.78, 5) is 2.72. The van der Waals surface area contributed by atoms with Crippen LogP contribution in [0.5, 0.6) is 5.75 Å². The van der Waals surface area contributed by atoms with E-state index in [1.807, 2.05) is 13.8 Å². The molecule has 0 spiro atoms. The topological polar surface area (TPSA) is 71.5 Å². The lowest BCUT2D eigenvalue weighted by molar-refractivity contribution is 0.115. The molecule has 1 atom stereocenters. The number of nitrogen functional groups attached to an aromatic ring is 1. The molecule has 6 heteroatoms. The summed E-state index contributed by atoms with van der Waals surface area (Å²) < 4.78 is 11.6. The van der Waals surface area contributed by atoms with Gasteiger partial charge in [-0.2, -0.15) is 5.26 Å². The second kappa shape index (κ2) is 7.01. The highest BCUT2D eigenvalue weighted by molar-refractivity contribution is 7.17. The fourth-order valence-corrected chi connectivity index (χ4v) is 3.47. The van der Waals surface area contributed by atoms with Crippen LogP contribution < -0.4 is 15.4 Å². The van der Waals surface area contributed by atoms with Crippen LogP contribution in [0.1, 0.15) is 38.5 Å². The molecule has 0 radical (unpaired) electrons. The number of anilines is 2. The average Bonchev–Trinajstić information content (AvgIpc) is 3.06. The zero-order valence-corrected chi connectivity index (χ0v) is 13.7. The van der Waals surface area contributed by atoms with E-state index >= 15 is 0 Å². The lowest BCUT2D eigenvalue weighted by atomic mass is 10.2. The third-order valence-corrected chi connectivity index (χ3v) is 4.61. The van der Waals surface area contributed by atoms with Crippen molar-refractivity contribution in [1.82, 2.24) is 0 Å². The molecule has 1 aliphatic rings. The van der Waals surface area contributed by atoms with Crippen molar-refractivity contribution in [1.29, 1.82) is 5.26 Å². The van der Waals surface area contributed by atoms with Crippen LogP contribution in [0.3, 0.4) is 0 Å². The van der Waals surface area contributed by atoms with Crippen molar-refractivity contribution in [3.05, 3.63) is 4.88 Å². The Balaban J connectivity index is 2.28. The first-order chi connectivity index (χ1) is 10.1. The number of ether oxygens (including phenoxy) is 2. The molecule has 0 aliphatic carbocycles. The third-order valence-electron chi connectivity index (χ3n) is 3.45. The van der Waals surface area contributed by atoms with E-state index in [-0.39, 0.29) is 12.2 Å². The van der Waals surface area contributed by atoms with Crippen LogP contribution in [0.25, 0.3) is 0 Å². The Morgan fingerprint density at radius 1 is 1.57 bits per heavy atom. The van der Waals surface area contributed by atoms with Gasteiger partial charge in [-0.05, 0) is 33.6 Å². The Kier molecular flexibility index (Phi) is 5.32. The Morgan fingerprint density at radius 3 is 2.86 bits per heavy atom. The molecular formula is C15H23N3O2S. The number of nitriles is 1. The van der Waals surface area contributed by atoms with Crippen LogP contribution in [-0.2, 0) is 4.74 Å². The number of thiophene rings is 1. The maximum atomic E-state index is 9.21. The van der Waals surface area contributed by atoms with Gasteiger partial charge < -0.3 is 20.1 Å². The SMILES string of the molecule is CCN(CC1CCCO1)c1sc(C#N)c(N)c1OC(C)C. The van der Waals surface area contributed by atoms with Crippen LogP contribution in [-0.4, -0.2) is 31.9 Å². The summed E-state index contributed by atoms with van der Waals surface area (Å²) in [5.41, 5.74) is 6.52. The summed E-state index contributed by atoms with van der Waals surface area (Å²) in [6, 6.07) is 2.16. The zero-order valence-electron chi connectivity index (χ0n) is 12.9. The maximum Gasteiger partial charge on any atom is 0.178 e. The second-order valence-electron chi connectivity index (χ2n) is 5.43. The molecular weight excluding hydrogens is 286 g/mol. The minimum absolute atomic E-state index is 0.0219. The molecule has 2 rings (SSSR count). The highest BCUT2D eigenvalue weighted by Crippen LogP contribution is 2.45. The first kappa shape index (κ1) is 15.9. The molecule has 2 N–H and O–H groups in total. The van der Waals surface area contributed by atoms with Gasteiger partial charge >= 0.3 is 0 Å². The quantitative estimate of drug-likeness (QED) is 0.874. The fraction of sp³-hybridized carbons (Fsp3) is 0.667. The summed E-state index contributed by atoms with van der Waals surface area (Å²) in [5.74, 6) is 0.645. The molecule has 1 aromatic heterocycles. The lowest BCUT2D eigenvalue weighted by Crippen LogP contribution is -2.31. The van der Waals surface area contributed by atoms with E-state index < -0.39 is 0 Å². The first-order valence-corrected chi connectivity index (χ1v) is 8.24. The normalized spacial score (nSPS) is 18.0. The van der Waals surface area contributed by atoms with Crippen LogP contribution in [0.2, 0.25) is 0 Å². The van der Waals surface area contributed by atoms with Gasteiger partial charge in [-0.15, -0.1) is 11.3 Å². The molecule has 0 aromatic carbocycles. The first-order valence-electron chi connectivity index (χ1n) is 7.42. The van der Waals surface area contributed by atoms with Crippen LogP contribution in [0, 0.1) is 11.3 Å². The van der Waals surface area contributed by atoms with E-state index in [1.54, 1.807) is 0 Å². The number of nitrogens with zero attached hydrogens (tertiary/aromatic N) is 2. The monoisotopic (exact) mass is 309 g/mol. The number of hydrogen-bond donors (Lipinski definition) is 1. The van der Waals surface area contributed by atoms with Crippen molar-refractivity contribution in [3.63, 3.8) is 0 Å². The average molecular weight is 309 g/mol. The smallest absolute Gasteiger partial charge is 0.178 e. The minimum Gasteiger partial charge on any atom is -0.486 e. The molecule has 21 heavy (non-hydrogen) atoms. The van der Waals surface area contributed by atoms with Crippen LogP contribution >= 0.6 is 11.3 Å². The molecule has 116 valence electrons. The molecule has 5 nitrogen and oxygen atoms in total. The standard InChI is InChI=1S/C15H23N3O2S/c1-4-18(9-11-6-5-7-19-11)15-14(20-10(2)3)13(17)12(8-16)21-15/h10-11H,4-7,9,17H2,1-3H3. The Bertz CT molecular complexity index is 516. The predicted molar refractivity (Wildman–Crippen MR) is 86.1 cm³/mol. The highest BCUT2D eigenvalue weighted by atomic mass is 32.1.